The average Bonchev–Trinajstić information content (AvgIpc) is 3.00. The summed E-state index contributed by atoms with van der Waals surface area (Å²) in [5.41, 5.74) is 0.899. The van der Waals surface area contributed by atoms with E-state index in [1.54, 1.807) is 25.1 Å². The van der Waals surface area contributed by atoms with Crippen LogP contribution in [-0.2, 0) is 11.2 Å². The molecule has 1 unspecified atom stereocenters. The van der Waals surface area contributed by atoms with Gasteiger partial charge in [-0.3, -0.25) is 4.79 Å². The van der Waals surface area contributed by atoms with Gasteiger partial charge in [0.05, 0.1) is 5.01 Å². The summed E-state index contributed by atoms with van der Waals surface area (Å²) in [6.07, 6.45) is -0.187. The minimum atomic E-state index is -1.05. The number of aromatic carboxylic acids is 1. The molecule has 8 heteroatoms. The lowest BCUT2D eigenvalue weighted by molar-refractivity contribution is -0.127. The Kier molecular flexibility index (Phi) is 6.16. The number of thiazole rings is 1. The summed E-state index contributed by atoms with van der Waals surface area (Å²) in [7, 11) is 0. The SMILES string of the molecule is Cc1cc(OC(C)C(=O)NCCc2nc(C(=O)O)cs2)ccc1Cl. The first kappa shape index (κ1) is 18.2. The van der Waals surface area contributed by atoms with Gasteiger partial charge in [0.25, 0.3) is 5.91 Å². The zero-order valence-electron chi connectivity index (χ0n) is 13.2. The molecule has 0 fully saturated rings. The summed E-state index contributed by atoms with van der Waals surface area (Å²) in [5.74, 6) is -0.731. The Balaban J connectivity index is 1.80. The fourth-order valence-corrected chi connectivity index (χ4v) is 2.80. The van der Waals surface area contributed by atoms with Crippen LogP contribution >= 0.6 is 22.9 Å². The van der Waals surface area contributed by atoms with E-state index in [9.17, 15) is 9.59 Å². The van der Waals surface area contributed by atoms with Gasteiger partial charge in [-0.05, 0) is 37.6 Å². The van der Waals surface area contributed by atoms with Gasteiger partial charge in [-0.2, -0.15) is 0 Å². The van der Waals surface area contributed by atoms with Crippen LogP contribution in [0.25, 0.3) is 0 Å². The lowest BCUT2D eigenvalue weighted by Crippen LogP contribution is -2.37. The maximum Gasteiger partial charge on any atom is 0.355 e. The fourth-order valence-electron chi connectivity index (χ4n) is 1.91. The van der Waals surface area contributed by atoms with E-state index < -0.39 is 12.1 Å². The van der Waals surface area contributed by atoms with Gasteiger partial charge >= 0.3 is 5.97 Å². The number of hydrogen-bond acceptors (Lipinski definition) is 5. The molecule has 1 atom stereocenters. The second-order valence-corrected chi connectivity index (χ2v) is 6.49. The topological polar surface area (TPSA) is 88.5 Å². The van der Waals surface area contributed by atoms with Crippen molar-refractivity contribution in [2.75, 3.05) is 6.54 Å². The molecular formula is C16H17ClN2O4S. The fraction of sp³-hybridized carbons (Fsp3) is 0.312. The first-order valence-electron chi connectivity index (χ1n) is 7.25. The summed E-state index contributed by atoms with van der Waals surface area (Å²) >= 11 is 7.21. The third-order valence-electron chi connectivity index (χ3n) is 3.22. The number of ether oxygens (including phenoxy) is 1. The van der Waals surface area contributed by atoms with Crippen LogP contribution in [0.5, 0.6) is 5.75 Å². The number of aromatic nitrogens is 1. The van der Waals surface area contributed by atoms with E-state index in [-0.39, 0.29) is 11.6 Å². The zero-order valence-corrected chi connectivity index (χ0v) is 14.8. The first-order chi connectivity index (χ1) is 11.4. The van der Waals surface area contributed by atoms with E-state index in [1.165, 1.54) is 16.7 Å². The Morgan fingerprint density at radius 3 is 2.83 bits per heavy atom. The largest absolute Gasteiger partial charge is 0.481 e. The minimum absolute atomic E-state index is 0.0242. The predicted molar refractivity (Wildman–Crippen MR) is 92.1 cm³/mol. The third kappa shape index (κ3) is 4.94. The van der Waals surface area contributed by atoms with Crippen molar-refractivity contribution >= 4 is 34.8 Å². The highest BCUT2D eigenvalue weighted by Gasteiger charge is 2.15. The number of carboxylic acid groups (broad SMARTS) is 1. The van der Waals surface area contributed by atoms with E-state index in [1.807, 2.05) is 6.92 Å². The number of nitrogens with zero attached hydrogens (tertiary/aromatic N) is 1. The Hall–Kier alpha value is -2.12. The van der Waals surface area contributed by atoms with E-state index in [0.29, 0.717) is 28.7 Å². The molecule has 1 aromatic carbocycles. The molecule has 6 nitrogen and oxygen atoms in total. The van der Waals surface area contributed by atoms with Gasteiger partial charge in [0.1, 0.15) is 5.75 Å². The Labute approximate surface area is 148 Å². The molecule has 1 amide bonds. The standard InChI is InChI=1S/C16H17ClN2O4S/c1-9-7-11(3-4-12(9)17)23-10(2)15(20)18-6-5-14-19-13(8-24-14)16(21)22/h3-4,7-8,10H,5-6H2,1-2H3,(H,18,20)(H,21,22). The normalized spacial score (nSPS) is 11.8. The number of carboxylic acids is 1. The van der Waals surface area contributed by atoms with Crippen LogP contribution < -0.4 is 10.1 Å². The van der Waals surface area contributed by atoms with E-state index in [2.05, 4.69) is 10.3 Å². The van der Waals surface area contributed by atoms with Gasteiger partial charge in [0.15, 0.2) is 11.8 Å². The third-order valence-corrected chi connectivity index (χ3v) is 4.55. The number of benzene rings is 1. The van der Waals surface area contributed by atoms with Gasteiger partial charge in [-0.25, -0.2) is 9.78 Å². The molecule has 0 radical (unpaired) electrons. The van der Waals surface area contributed by atoms with E-state index >= 15 is 0 Å². The van der Waals surface area contributed by atoms with Crippen molar-refractivity contribution in [2.45, 2.75) is 26.4 Å². The molecule has 1 heterocycles. The molecular weight excluding hydrogens is 352 g/mol. The van der Waals surface area contributed by atoms with Crippen molar-refractivity contribution in [1.29, 1.82) is 0 Å². The Bertz CT molecular complexity index is 747. The number of nitrogens with one attached hydrogen (secondary N) is 1. The van der Waals surface area contributed by atoms with Crippen molar-refractivity contribution in [2.24, 2.45) is 0 Å². The quantitative estimate of drug-likeness (QED) is 0.784. The molecule has 1 aromatic heterocycles. The molecule has 2 N–H and O–H groups in total. The molecule has 24 heavy (non-hydrogen) atoms. The lowest BCUT2D eigenvalue weighted by atomic mass is 10.2. The van der Waals surface area contributed by atoms with Crippen LogP contribution in [0, 0.1) is 6.92 Å². The maximum atomic E-state index is 12.0. The van der Waals surface area contributed by atoms with Gasteiger partial charge in [-0.1, -0.05) is 11.6 Å². The van der Waals surface area contributed by atoms with Crippen LogP contribution in [0.3, 0.4) is 0 Å². The number of carbonyl (C=O) groups is 2. The lowest BCUT2D eigenvalue weighted by Gasteiger charge is -2.15. The van der Waals surface area contributed by atoms with Crippen molar-refractivity contribution < 1.29 is 19.4 Å². The van der Waals surface area contributed by atoms with Crippen molar-refractivity contribution in [3.8, 4) is 5.75 Å². The molecule has 128 valence electrons. The highest BCUT2D eigenvalue weighted by atomic mass is 35.5. The van der Waals surface area contributed by atoms with Crippen molar-refractivity contribution in [3.63, 3.8) is 0 Å². The molecule has 2 aromatic rings. The smallest absolute Gasteiger partial charge is 0.355 e. The Morgan fingerprint density at radius 1 is 1.46 bits per heavy atom. The van der Waals surface area contributed by atoms with Gasteiger partial charge in [0.2, 0.25) is 0 Å². The Morgan fingerprint density at radius 2 is 2.21 bits per heavy atom. The number of carbonyl (C=O) groups excluding carboxylic acids is 1. The van der Waals surface area contributed by atoms with Gasteiger partial charge in [-0.15, -0.1) is 11.3 Å². The van der Waals surface area contributed by atoms with Crippen molar-refractivity contribution in [3.05, 3.63) is 44.9 Å². The summed E-state index contributed by atoms with van der Waals surface area (Å²) in [6.45, 7) is 3.88. The number of amides is 1. The molecule has 0 aliphatic carbocycles. The van der Waals surface area contributed by atoms with E-state index in [4.69, 9.17) is 21.4 Å². The van der Waals surface area contributed by atoms with Gasteiger partial charge < -0.3 is 15.2 Å². The second kappa shape index (κ2) is 8.12. The second-order valence-electron chi connectivity index (χ2n) is 5.14. The minimum Gasteiger partial charge on any atom is -0.481 e. The molecule has 0 saturated heterocycles. The molecule has 2 rings (SSSR count). The first-order valence-corrected chi connectivity index (χ1v) is 8.51. The molecule has 0 aliphatic heterocycles. The molecule has 0 spiro atoms. The number of aryl methyl sites for hydroxylation is 1. The monoisotopic (exact) mass is 368 g/mol. The summed E-state index contributed by atoms with van der Waals surface area (Å²) < 4.78 is 5.59. The van der Waals surface area contributed by atoms with Crippen LogP contribution in [0.4, 0.5) is 0 Å². The maximum absolute atomic E-state index is 12.0. The van der Waals surface area contributed by atoms with Gasteiger partial charge in [0, 0.05) is 23.4 Å². The molecule has 0 bridgehead atoms. The zero-order chi connectivity index (χ0) is 17.7. The van der Waals surface area contributed by atoms with Crippen LogP contribution in [-0.4, -0.2) is 34.6 Å². The number of halogens is 1. The van der Waals surface area contributed by atoms with Crippen LogP contribution in [0.15, 0.2) is 23.6 Å². The predicted octanol–water partition coefficient (Wildman–Crippen LogP) is 2.93. The summed E-state index contributed by atoms with van der Waals surface area (Å²) in [5, 5.41) is 14.3. The van der Waals surface area contributed by atoms with Crippen molar-refractivity contribution in [1.82, 2.24) is 10.3 Å². The highest BCUT2D eigenvalue weighted by Crippen LogP contribution is 2.21. The van der Waals surface area contributed by atoms with Crippen LogP contribution in [0.2, 0.25) is 5.02 Å². The highest BCUT2D eigenvalue weighted by molar-refractivity contribution is 7.09. The summed E-state index contributed by atoms with van der Waals surface area (Å²) in [6, 6.07) is 5.20. The average molecular weight is 369 g/mol. The number of rotatable bonds is 7. The molecule has 0 aliphatic rings. The van der Waals surface area contributed by atoms with E-state index in [0.717, 1.165) is 5.56 Å². The summed E-state index contributed by atoms with van der Waals surface area (Å²) in [4.78, 5) is 26.7. The number of hydrogen-bond donors (Lipinski definition) is 2. The van der Waals surface area contributed by atoms with Crippen LogP contribution in [0.1, 0.15) is 28.0 Å². The molecule has 0 saturated carbocycles.